The topological polar surface area (TPSA) is 120 Å². The third-order valence-electron chi connectivity index (χ3n) is 3.76. The van der Waals surface area contributed by atoms with Gasteiger partial charge in [-0.15, -0.1) is 0 Å². The van der Waals surface area contributed by atoms with Crippen LogP contribution in [-0.2, 0) is 16.4 Å². The molecule has 0 aliphatic rings. The largest absolute Gasteiger partial charge is 0.322 e. The molecule has 3 rings (SSSR count). The minimum absolute atomic E-state index is 0.0206. The fourth-order valence-electron chi connectivity index (χ4n) is 2.51. The van der Waals surface area contributed by atoms with Crippen LogP contribution in [0.5, 0.6) is 0 Å². The van der Waals surface area contributed by atoms with E-state index in [1.165, 1.54) is 30.5 Å². The van der Waals surface area contributed by atoms with Gasteiger partial charge in [0.1, 0.15) is 0 Å². The van der Waals surface area contributed by atoms with Crippen molar-refractivity contribution < 1.29 is 13.2 Å². The van der Waals surface area contributed by atoms with Gasteiger partial charge in [0.25, 0.3) is 5.91 Å². The lowest BCUT2D eigenvalue weighted by Gasteiger charge is -2.08. The van der Waals surface area contributed by atoms with Crippen LogP contribution in [0.15, 0.2) is 59.8 Å². The van der Waals surface area contributed by atoms with E-state index in [1.54, 1.807) is 23.0 Å². The molecule has 0 aliphatic carbocycles. The number of benzene rings is 1. The molecule has 2 heterocycles. The molecule has 0 saturated heterocycles. The number of primary sulfonamides is 1. The van der Waals surface area contributed by atoms with Gasteiger partial charge in [-0.05, 0) is 42.8 Å². The number of aromatic nitrogens is 3. The molecular weight excluding hydrogens is 354 g/mol. The molecule has 0 atom stereocenters. The van der Waals surface area contributed by atoms with Gasteiger partial charge in [-0.2, -0.15) is 5.10 Å². The predicted molar refractivity (Wildman–Crippen MR) is 96.5 cm³/mol. The zero-order valence-corrected chi connectivity index (χ0v) is 14.8. The van der Waals surface area contributed by atoms with Gasteiger partial charge in [-0.3, -0.25) is 4.79 Å². The number of nitrogens with two attached hydrogens (primary N) is 1. The van der Waals surface area contributed by atoms with Crippen molar-refractivity contribution in [3.8, 4) is 5.82 Å². The van der Waals surface area contributed by atoms with E-state index in [9.17, 15) is 13.2 Å². The highest BCUT2D eigenvalue weighted by atomic mass is 32.2. The van der Waals surface area contributed by atoms with Gasteiger partial charge >= 0.3 is 0 Å². The van der Waals surface area contributed by atoms with Gasteiger partial charge < -0.3 is 5.32 Å². The van der Waals surface area contributed by atoms with Crippen LogP contribution in [0.25, 0.3) is 5.82 Å². The molecule has 0 radical (unpaired) electrons. The smallest absolute Gasteiger partial charge is 0.259 e. The average molecular weight is 371 g/mol. The van der Waals surface area contributed by atoms with Crippen LogP contribution in [0.3, 0.4) is 0 Å². The first kappa shape index (κ1) is 17.8. The predicted octanol–water partition coefficient (Wildman–Crippen LogP) is 1.73. The zero-order chi connectivity index (χ0) is 18.7. The molecule has 2 aromatic heterocycles. The Labute approximate surface area is 150 Å². The highest BCUT2D eigenvalue weighted by Gasteiger charge is 2.18. The summed E-state index contributed by atoms with van der Waals surface area (Å²) in [6.45, 7) is 1.92. The van der Waals surface area contributed by atoms with E-state index in [0.29, 0.717) is 23.5 Å². The highest BCUT2D eigenvalue weighted by molar-refractivity contribution is 7.89. The van der Waals surface area contributed by atoms with Gasteiger partial charge in [0, 0.05) is 11.9 Å². The number of sulfonamides is 1. The standard InChI is InChI=1S/C17H17N5O3S/c1-2-15-14(11-20-22(15)16-5-3-4-10-19-16)17(23)21-12-6-8-13(9-7-12)26(18,24)25/h3-11H,2H2,1H3,(H,21,23)(H2,18,24,25). The molecule has 1 amide bonds. The van der Waals surface area contributed by atoms with Crippen LogP contribution >= 0.6 is 0 Å². The molecule has 3 aromatic rings. The summed E-state index contributed by atoms with van der Waals surface area (Å²) in [5.74, 6) is 0.285. The number of carbonyl (C=O) groups excluding carboxylic acids is 1. The maximum atomic E-state index is 12.6. The SMILES string of the molecule is CCc1c(C(=O)Nc2ccc(S(N)(=O)=O)cc2)cnn1-c1ccccn1. The Morgan fingerprint density at radius 1 is 1.19 bits per heavy atom. The van der Waals surface area contributed by atoms with E-state index in [0.717, 1.165) is 5.69 Å². The van der Waals surface area contributed by atoms with Crippen molar-refractivity contribution >= 4 is 21.6 Å². The number of carbonyl (C=O) groups is 1. The van der Waals surface area contributed by atoms with Crippen molar-refractivity contribution in [3.05, 3.63) is 66.1 Å². The van der Waals surface area contributed by atoms with E-state index in [1.807, 2.05) is 13.0 Å². The van der Waals surface area contributed by atoms with Gasteiger partial charge in [-0.25, -0.2) is 23.2 Å². The second-order valence-electron chi connectivity index (χ2n) is 5.48. The molecule has 1 aromatic carbocycles. The van der Waals surface area contributed by atoms with Crippen LogP contribution < -0.4 is 10.5 Å². The van der Waals surface area contributed by atoms with Gasteiger partial charge in [0.05, 0.1) is 22.3 Å². The third-order valence-corrected chi connectivity index (χ3v) is 4.68. The first-order valence-corrected chi connectivity index (χ1v) is 9.37. The van der Waals surface area contributed by atoms with Crippen LogP contribution in [0.1, 0.15) is 23.0 Å². The summed E-state index contributed by atoms with van der Waals surface area (Å²) in [7, 11) is -3.77. The zero-order valence-electron chi connectivity index (χ0n) is 14.0. The number of pyridine rings is 1. The van der Waals surface area contributed by atoms with Crippen LogP contribution in [0, 0.1) is 0 Å². The first-order chi connectivity index (χ1) is 12.4. The Morgan fingerprint density at radius 2 is 1.92 bits per heavy atom. The molecule has 0 aliphatic heterocycles. The summed E-state index contributed by atoms with van der Waals surface area (Å²) >= 11 is 0. The number of amides is 1. The van der Waals surface area contributed by atoms with Crippen molar-refractivity contribution in [2.45, 2.75) is 18.2 Å². The summed E-state index contributed by atoms with van der Waals surface area (Å²) in [5.41, 5.74) is 1.60. The molecule has 8 nitrogen and oxygen atoms in total. The lowest BCUT2D eigenvalue weighted by molar-refractivity contribution is 0.102. The Balaban J connectivity index is 1.86. The minimum atomic E-state index is -3.77. The molecule has 0 bridgehead atoms. The maximum Gasteiger partial charge on any atom is 0.259 e. The normalized spacial score (nSPS) is 11.3. The summed E-state index contributed by atoms with van der Waals surface area (Å²) in [4.78, 5) is 16.8. The molecular formula is C17H17N5O3S. The lowest BCUT2D eigenvalue weighted by atomic mass is 10.2. The van der Waals surface area contributed by atoms with Crippen molar-refractivity contribution in [1.29, 1.82) is 0 Å². The van der Waals surface area contributed by atoms with E-state index in [-0.39, 0.29) is 10.8 Å². The maximum absolute atomic E-state index is 12.6. The summed E-state index contributed by atoms with van der Waals surface area (Å²) in [6.07, 6.45) is 3.73. The summed E-state index contributed by atoms with van der Waals surface area (Å²) in [6, 6.07) is 11.1. The van der Waals surface area contributed by atoms with Crippen molar-refractivity contribution in [1.82, 2.24) is 14.8 Å². The second kappa shape index (κ2) is 7.06. The number of nitrogens with one attached hydrogen (secondary N) is 1. The number of anilines is 1. The van der Waals surface area contributed by atoms with Crippen molar-refractivity contribution in [3.63, 3.8) is 0 Å². The van der Waals surface area contributed by atoms with Gasteiger partial charge in [0.15, 0.2) is 5.82 Å². The molecule has 0 spiro atoms. The highest BCUT2D eigenvalue weighted by Crippen LogP contribution is 2.17. The number of nitrogens with zero attached hydrogens (tertiary/aromatic N) is 3. The van der Waals surface area contributed by atoms with E-state index in [4.69, 9.17) is 5.14 Å². The van der Waals surface area contributed by atoms with Crippen LogP contribution in [-0.4, -0.2) is 29.1 Å². The van der Waals surface area contributed by atoms with Gasteiger partial charge in [-0.1, -0.05) is 13.0 Å². The number of hydrogen-bond donors (Lipinski definition) is 2. The number of rotatable bonds is 5. The quantitative estimate of drug-likeness (QED) is 0.708. The van der Waals surface area contributed by atoms with E-state index >= 15 is 0 Å². The summed E-state index contributed by atoms with van der Waals surface area (Å²) < 4.78 is 24.2. The lowest BCUT2D eigenvalue weighted by Crippen LogP contribution is -2.15. The fourth-order valence-corrected chi connectivity index (χ4v) is 3.02. The molecule has 3 N–H and O–H groups in total. The Morgan fingerprint density at radius 3 is 2.50 bits per heavy atom. The molecule has 134 valence electrons. The molecule has 26 heavy (non-hydrogen) atoms. The van der Waals surface area contributed by atoms with E-state index < -0.39 is 10.0 Å². The van der Waals surface area contributed by atoms with Crippen molar-refractivity contribution in [2.75, 3.05) is 5.32 Å². The van der Waals surface area contributed by atoms with Crippen molar-refractivity contribution in [2.24, 2.45) is 5.14 Å². The van der Waals surface area contributed by atoms with Crippen LogP contribution in [0.2, 0.25) is 0 Å². The van der Waals surface area contributed by atoms with E-state index in [2.05, 4.69) is 15.4 Å². The average Bonchev–Trinajstić information content (AvgIpc) is 3.06. The fraction of sp³-hybridized carbons (Fsp3) is 0.118. The molecule has 0 fully saturated rings. The minimum Gasteiger partial charge on any atom is -0.322 e. The number of hydrogen-bond acceptors (Lipinski definition) is 5. The molecule has 0 unspecified atom stereocenters. The van der Waals surface area contributed by atoms with Crippen LogP contribution in [0.4, 0.5) is 5.69 Å². The first-order valence-electron chi connectivity index (χ1n) is 7.82. The van der Waals surface area contributed by atoms with Gasteiger partial charge in [0.2, 0.25) is 10.0 Å². The molecule has 0 saturated carbocycles. The molecule has 9 heteroatoms. The summed E-state index contributed by atoms with van der Waals surface area (Å²) in [5, 5.41) is 12.1. The Bertz CT molecular complexity index is 1030. The Kier molecular flexibility index (Phi) is 4.83. The Hall–Kier alpha value is -3.04. The third kappa shape index (κ3) is 3.63. The second-order valence-corrected chi connectivity index (χ2v) is 7.04. The monoisotopic (exact) mass is 371 g/mol.